The number of unbranched alkanes of at least 4 members (excludes halogenated alkanes) is 1. The van der Waals surface area contributed by atoms with E-state index in [-0.39, 0.29) is 5.91 Å². The molecule has 1 aromatic carbocycles. The molecule has 0 bridgehead atoms. The van der Waals surface area contributed by atoms with Crippen molar-refractivity contribution in [3.05, 3.63) is 29.6 Å². The van der Waals surface area contributed by atoms with Gasteiger partial charge >= 0.3 is 0 Å². The highest BCUT2D eigenvalue weighted by Crippen LogP contribution is 2.18. The highest BCUT2D eigenvalue weighted by molar-refractivity contribution is 5.97. The first-order valence-electron chi connectivity index (χ1n) is 8.06. The molecule has 1 fully saturated rings. The highest BCUT2D eigenvalue weighted by atomic mass is 16.2. The zero-order chi connectivity index (χ0) is 14.7. The third-order valence-corrected chi connectivity index (χ3v) is 4.19. The molecule has 0 saturated carbocycles. The van der Waals surface area contributed by atoms with E-state index in [2.05, 4.69) is 16.9 Å². The first-order valence-corrected chi connectivity index (χ1v) is 8.06. The molecule has 4 nitrogen and oxygen atoms in total. The summed E-state index contributed by atoms with van der Waals surface area (Å²) in [5.74, 6) is 1.18. The fraction of sp³-hybridized carbons (Fsp3) is 0.529. The molecular weight excluding hydrogens is 262 g/mol. The number of hydrogen-bond donors (Lipinski definition) is 1. The van der Waals surface area contributed by atoms with E-state index >= 15 is 0 Å². The SMILES string of the molecule is CCCCc1nc2ccc(C(=O)N3CCCCC3)cc2[nH]1. The van der Waals surface area contributed by atoms with E-state index in [1.54, 1.807) is 0 Å². The van der Waals surface area contributed by atoms with Crippen molar-refractivity contribution in [1.29, 1.82) is 0 Å². The van der Waals surface area contributed by atoms with E-state index in [0.29, 0.717) is 0 Å². The summed E-state index contributed by atoms with van der Waals surface area (Å²) in [5.41, 5.74) is 2.70. The summed E-state index contributed by atoms with van der Waals surface area (Å²) >= 11 is 0. The molecule has 1 aliphatic heterocycles. The molecule has 1 N–H and O–H groups in total. The number of nitrogens with one attached hydrogen (secondary N) is 1. The van der Waals surface area contributed by atoms with E-state index < -0.39 is 0 Å². The van der Waals surface area contributed by atoms with Gasteiger partial charge in [-0.3, -0.25) is 4.79 Å². The van der Waals surface area contributed by atoms with E-state index in [1.165, 1.54) is 6.42 Å². The normalized spacial score (nSPS) is 15.6. The van der Waals surface area contributed by atoms with Crippen LogP contribution in [0, 0.1) is 0 Å². The second-order valence-corrected chi connectivity index (χ2v) is 5.87. The Hall–Kier alpha value is -1.84. The lowest BCUT2D eigenvalue weighted by Crippen LogP contribution is -2.35. The van der Waals surface area contributed by atoms with Gasteiger partial charge in [0, 0.05) is 25.1 Å². The second-order valence-electron chi connectivity index (χ2n) is 5.87. The Morgan fingerprint density at radius 1 is 1.29 bits per heavy atom. The number of aromatic amines is 1. The Morgan fingerprint density at radius 2 is 2.10 bits per heavy atom. The molecule has 21 heavy (non-hydrogen) atoms. The lowest BCUT2D eigenvalue weighted by molar-refractivity contribution is 0.0724. The molecule has 112 valence electrons. The summed E-state index contributed by atoms with van der Waals surface area (Å²) < 4.78 is 0. The van der Waals surface area contributed by atoms with Gasteiger partial charge in [-0.25, -0.2) is 4.98 Å². The molecule has 2 aromatic rings. The van der Waals surface area contributed by atoms with Gasteiger partial charge in [0.05, 0.1) is 11.0 Å². The molecule has 1 saturated heterocycles. The van der Waals surface area contributed by atoms with Crippen LogP contribution in [0.2, 0.25) is 0 Å². The largest absolute Gasteiger partial charge is 0.342 e. The molecule has 3 rings (SSSR count). The number of fused-ring (bicyclic) bond motifs is 1. The van der Waals surface area contributed by atoms with Crippen LogP contribution in [0.5, 0.6) is 0 Å². The standard InChI is InChI=1S/C17H23N3O/c1-2-3-7-16-18-14-9-8-13(12-15(14)19-16)17(21)20-10-5-4-6-11-20/h8-9,12H,2-7,10-11H2,1H3,(H,18,19). The van der Waals surface area contributed by atoms with Crippen LogP contribution in [0.1, 0.15) is 55.2 Å². The van der Waals surface area contributed by atoms with Gasteiger partial charge in [-0.15, -0.1) is 0 Å². The maximum atomic E-state index is 12.5. The number of carbonyl (C=O) groups excluding carboxylic acids is 1. The van der Waals surface area contributed by atoms with E-state index in [9.17, 15) is 4.79 Å². The van der Waals surface area contributed by atoms with Gasteiger partial charge < -0.3 is 9.88 Å². The lowest BCUT2D eigenvalue weighted by Gasteiger charge is -2.26. The van der Waals surface area contributed by atoms with Crippen LogP contribution in [0.15, 0.2) is 18.2 Å². The molecule has 0 radical (unpaired) electrons. The fourth-order valence-corrected chi connectivity index (χ4v) is 2.94. The maximum absolute atomic E-state index is 12.5. The van der Waals surface area contributed by atoms with Gasteiger partial charge in [0.15, 0.2) is 0 Å². The van der Waals surface area contributed by atoms with Gasteiger partial charge in [0.1, 0.15) is 5.82 Å². The van der Waals surface area contributed by atoms with Gasteiger partial charge in [-0.1, -0.05) is 13.3 Å². The third-order valence-electron chi connectivity index (χ3n) is 4.19. The summed E-state index contributed by atoms with van der Waals surface area (Å²) in [6.45, 7) is 3.96. The van der Waals surface area contributed by atoms with Crippen molar-refractivity contribution in [2.45, 2.75) is 45.4 Å². The van der Waals surface area contributed by atoms with Crippen molar-refractivity contribution in [1.82, 2.24) is 14.9 Å². The van der Waals surface area contributed by atoms with Crippen molar-refractivity contribution in [2.24, 2.45) is 0 Å². The average Bonchev–Trinajstić information content (AvgIpc) is 2.95. The molecule has 1 aromatic heterocycles. The molecule has 1 amide bonds. The summed E-state index contributed by atoms with van der Waals surface area (Å²) in [6, 6.07) is 5.82. The van der Waals surface area contributed by atoms with Crippen molar-refractivity contribution in [2.75, 3.05) is 13.1 Å². The predicted octanol–water partition coefficient (Wildman–Crippen LogP) is 3.53. The van der Waals surface area contributed by atoms with Crippen molar-refractivity contribution < 1.29 is 4.79 Å². The zero-order valence-electron chi connectivity index (χ0n) is 12.7. The van der Waals surface area contributed by atoms with Crippen LogP contribution in [0.25, 0.3) is 11.0 Å². The number of amides is 1. The quantitative estimate of drug-likeness (QED) is 0.934. The number of likely N-dealkylation sites (tertiary alicyclic amines) is 1. The molecule has 0 atom stereocenters. The summed E-state index contributed by atoms with van der Waals surface area (Å²) in [5, 5.41) is 0. The number of aryl methyl sites for hydroxylation is 1. The van der Waals surface area contributed by atoms with Crippen LogP contribution in [-0.2, 0) is 6.42 Å². The summed E-state index contributed by atoms with van der Waals surface area (Å²) in [7, 11) is 0. The van der Waals surface area contributed by atoms with E-state index in [0.717, 1.165) is 67.6 Å². The Bertz CT molecular complexity index is 626. The number of piperidine rings is 1. The van der Waals surface area contributed by atoms with Crippen LogP contribution < -0.4 is 0 Å². The van der Waals surface area contributed by atoms with Gasteiger partial charge in [-0.2, -0.15) is 0 Å². The third kappa shape index (κ3) is 3.09. The zero-order valence-corrected chi connectivity index (χ0v) is 12.7. The summed E-state index contributed by atoms with van der Waals surface area (Å²) in [6.07, 6.45) is 6.76. The minimum absolute atomic E-state index is 0.154. The number of benzene rings is 1. The van der Waals surface area contributed by atoms with Crippen LogP contribution in [0.3, 0.4) is 0 Å². The first-order chi connectivity index (χ1) is 10.3. The van der Waals surface area contributed by atoms with Crippen LogP contribution >= 0.6 is 0 Å². The van der Waals surface area contributed by atoms with Gasteiger partial charge in [0.25, 0.3) is 5.91 Å². The summed E-state index contributed by atoms with van der Waals surface area (Å²) in [4.78, 5) is 22.4. The molecule has 1 aliphatic rings. The smallest absolute Gasteiger partial charge is 0.253 e. The lowest BCUT2D eigenvalue weighted by atomic mass is 10.1. The molecule has 0 aliphatic carbocycles. The van der Waals surface area contributed by atoms with Crippen molar-refractivity contribution in [3.8, 4) is 0 Å². The average molecular weight is 285 g/mol. The Morgan fingerprint density at radius 3 is 2.86 bits per heavy atom. The van der Waals surface area contributed by atoms with Gasteiger partial charge in [-0.05, 0) is 43.9 Å². The molecule has 0 spiro atoms. The van der Waals surface area contributed by atoms with Crippen LogP contribution in [-0.4, -0.2) is 33.9 Å². The topological polar surface area (TPSA) is 49.0 Å². The number of H-pyrrole nitrogens is 1. The van der Waals surface area contributed by atoms with E-state index in [4.69, 9.17) is 0 Å². The predicted molar refractivity (Wildman–Crippen MR) is 84.5 cm³/mol. The number of rotatable bonds is 4. The van der Waals surface area contributed by atoms with E-state index in [1.807, 2.05) is 23.1 Å². The van der Waals surface area contributed by atoms with Crippen LogP contribution in [0.4, 0.5) is 0 Å². The Labute approximate surface area is 125 Å². The van der Waals surface area contributed by atoms with Gasteiger partial charge in [0.2, 0.25) is 0 Å². The number of carbonyl (C=O) groups is 1. The highest BCUT2D eigenvalue weighted by Gasteiger charge is 2.18. The number of aromatic nitrogens is 2. The molecular formula is C17H23N3O. The first kappa shape index (κ1) is 14.1. The molecule has 4 heteroatoms. The maximum Gasteiger partial charge on any atom is 0.253 e. The molecule has 2 heterocycles. The minimum atomic E-state index is 0.154. The number of imidazole rings is 1. The fourth-order valence-electron chi connectivity index (χ4n) is 2.94. The Kier molecular flexibility index (Phi) is 4.23. The molecule has 0 unspecified atom stereocenters. The minimum Gasteiger partial charge on any atom is -0.342 e. The number of hydrogen-bond acceptors (Lipinski definition) is 2. The van der Waals surface area contributed by atoms with Crippen molar-refractivity contribution >= 4 is 16.9 Å². The van der Waals surface area contributed by atoms with Crippen molar-refractivity contribution in [3.63, 3.8) is 0 Å². The second kappa shape index (κ2) is 6.29. The number of nitrogens with zero attached hydrogens (tertiary/aromatic N) is 2. The Balaban J connectivity index is 1.81. The monoisotopic (exact) mass is 285 g/mol.